The van der Waals surface area contributed by atoms with Gasteiger partial charge in [0.05, 0.1) is 11.4 Å². The molecule has 3 rings (SSSR count). The minimum absolute atomic E-state index is 0.558. The summed E-state index contributed by atoms with van der Waals surface area (Å²) in [5, 5.41) is 11.1. The number of aryl methyl sites for hydroxylation is 1. The summed E-state index contributed by atoms with van der Waals surface area (Å²) >= 11 is 3.78. The maximum Gasteiger partial charge on any atom is 0.0720 e. The lowest BCUT2D eigenvalue weighted by Crippen LogP contribution is -2.08. The molecule has 1 aromatic heterocycles. The molecule has 0 N–H and O–H groups in total. The van der Waals surface area contributed by atoms with Crippen LogP contribution in [0.1, 0.15) is 24.2 Å². The second-order valence-corrected chi connectivity index (χ2v) is 6.01. The highest BCUT2D eigenvalue weighted by Gasteiger charge is 2.30. The maximum atomic E-state index is 4.38. The van der Waals surface area contributed by atoms with Gasteiger partial charge in [0, 0.05) is 22.0 Å². The van der Waals surface area contributed by atoms with E-state index in [1.165, 1.54) is 23.6 Å². The van der Waals surface area contributed by atoms with Crippen molar-refractivity contribution in [2.45, 2.75) is 31.0 Å². The van der Waals surface area contributed by atoms with Gasteiger partial charge in [-0.1, -0.05) is 40.2 Å². The van der Waals surface area contributed by atoms with Crippen LogP contribution in [0.15, 0.2) is 24.3 Å². The van der Waals surface area contributed by atoms with Gasteiger partial charge in [0.2, 0.25) is 0 Å². The van der Waals surface area contributed by atoms with Gasteiger partial charge in [-0.2, -0.15) is 10.2 Å². The van der Waals surface area contributed by atoms with Gasteiger partial charge in [0.1, 0.15) is 0 Å². The highest BCUT2D eigenvalue weighted by atomic mass is 79.9. The third kappa shape index (κ3) is 2.21. The third-order valence-electron chi connectivity index (χ3n) is 3.47. The Hall–Kier alpha value is -0.960. The van der Waals surface area contributed by atoms with Gasteiger partial charge in [-0.25, -0.2) is 0 Å². The average Bonchev–Trinajstić information content (AvgIpc) is 3.17. The quantitative estimate of drug-likeness (QED) is 0.807. The van der Waals surface area contributed by atoms with E-state index in [1.54, 1.807) is 0 Å². The van der Waals surface area contributed by atoms with E-state index in [0.717, 1.165) is 23.7 Å². The fourth-order valence-corrected chi connectivity index (χ4v) is 3.09. The fraction of sp³-hybridized carbons (Fsp3) is 0.429. The molecular weight excluding hydrogens is 276 g/mol. The van der Waals surface area contributed by atoms with Crippen molar-refractivity contribution in [2.24, 2.45) is 5.92 Å². The van der Waals surface area contributed by atoms with Gasteiger partial charge in [0.25, 0.3) is 0 Å². The topological polar surface area (TPSA) is 25.8 Å². The molecule has 0 bridgehead atoms. The summed E-state index contributed by atoms with van der Waals surface area (Å²) < 4.78 is 0. The predicted octanol–water partition coefficient (Wildman–Crippen LogP) is 3.65. The van der Waals surface area contributed by atoms with E-state index in [9.17, 15) is 0 Å². The van der Waals surface area contributed by atoms with Crippen molar-refractivity contribution in [1.29, 1.82) is 0 Å². The number of hydrogen-bond acceptors (Lipinski definition) is 2. The number of halogens is 1. The zero-order chi connectivity index (χ0) is 11.8. The molecular formula is C14H15BrN2. The van der Waals surface area contributed by atoms with Crippen molar-refractivity contribution in [1.82, 2.24) is 10.2 Å². The van der Waals surface area contributed by atoms with Crippen LogP contribution in [-0.4, -0.2) is 15.0 Å². The Bertz CT molecular complexity index is 549. The maximum absolute atomic E-state index is 4.38. The van der Waals surface area contributed by atoms with Crippen LogP contribution in [0.4, 0.5) is 0 Å². The smallest absolute Gasteiger partial charge is 0.0720 e. The molecule has 1 saturated carbocycles. The van der Waals surface area contributed by atoms with Crippen molar-refractivity contribution in [2.75, 3.05) is 0 Å². The lowest BCUT2D eigenvalue weighted by atomic mass is 10.0. The molecule has 1 unspecified atom stereocenters. The molecule has 88 valence electrons. The third-order valence-corrected chi connectivity index (χ3v) is 4.54. The minimum atomic E-state index is 0.558. The van der Waals surface area contributed by atoms with Crippen LogP contribution >= 0.6 is 15.9 Å². The number of aromatic nitrogens is 2. The van der Waals surface area contributed by atoms with Crippen molar-refractivity contribution in [3.05, 3.63) is 35.7 Å². The van der Waals surface area contributed by atoms with Crippen molar-refractivity contribution < 1.29 is 0 Å². The number of hydrogen-bond donors (Lipinski definition) is 0. The zero-order valence-corrected chi connectivity index (χ0v) is 11.4. The van der Waals surface area contributed by atoms with E-state index in [4.69, 9.17) is 0 Å². The van der Waals surface area contributed by atoms with Crippen molar-refractivity contribution in [3.8, 4) is 0 Å². The lowest BCUT2D eigenvalue weighted by molar-refractivity contribution is 0.738. The first-order valence-electron chi connectivity index (χ1n) is 6.10. The van der Waals surface area contributed by atoms with E-state index in [2.05, 4.69) is 50.4 Å². The van der Waals surface area contributed by atoms with Crippen LogP contribution in [0.2, 0.25) is 0 Å². The molecule has 1 aliphatic rings. The van der Waals surface area contributed by atoms with Crippen molar-refractivity contribution in [3.63, 3.8) is 0 Å². The fourth-order valence-electron chi connectivity index (χ4n) is 2.25. The number of fused-ring (bicyclic) bond motifs is 1. The Kier molecular flexibility index (Phi) is 2.87. The van der Waals surface area contributed by atoms with Gasteiger partial charge < -0.3 is 0 Å². The Morgan fingerprint density at radius 2 is 1.94 bits per heavy atom. The first-order valence-corrected chi connectivity index (χ1v) is 7.02. The van der Waals surface area contributed by atoms with Crippen LogP contribution in [0, 0.1) is 12.8 Å². The van der Waals surface area contributed by atoms with Gasteiger partial charge in [-0.3, -0.25) is 0 Å². The molecule has 1 atom stereocenters. The average molecular weight is 291 g/mol. The second kappa shape index (κ2) is 4.37. The van der Waals surface area contributed by atoms with Crippen molar-refractivity contribution >= 4 is 26.7 Å². The van der Waals surface area contributed by atoms with Gasteiger partial charge in [0.15, 0.2) is 0 Å². The highest BCUT2D eigenvalue weighted by molar-refractivity contribution is 9.09. The van der Waals surface area contributed by atoms with Crippen LogP contribution < -0.4 is 0 Å². The molecule has 0 spiro atoms. The molecule has 0 radical (unpaired) electrons. The highest BCUT2D eigenvalue weighted by Crippen LogP contribution is 2.38. The molecule has 0 aliphatic heterocycles. The molecule has 17 heavy (non-hydrogen) atoms. The minimum Gasteiger partial charge on any atom is -0.155 e. The van der Waals surface area contributed by atoms with Crippen LogP contribution in [-0.2, 0) is 6.42 Å². The Morgan fingerprint density at radius 1 is 1.24 bits per heavy atom. The number of rotatable bonds is 3. The zero-order valence-electron chi connectivity index (χ0n) is 9.86. The second-order valence-electron chi connectivity index (χ2n) is 4.84. The summed E-state index contributed by atoms with van der Waals surface area (Å²) in [5.41, 5.74) is 2.14. The summed E-state index contributed by atoms with van der Waals surface area (Å²) in [6.45, 7) is 2.02. The Labute approximate surface area is 110 Å². The predicted molar refractivity (Wildman–Crippen MR) is 73.4 cm³/mol. The standard InChI is InChI=1S/C14H15BrN2/c1-9-11-4-2-3-5-12(11)14(17-16-9)8-13(15)10-6-7-10/h2-5,10,13H,6-8H2,1H3. The van der Waals surface area contributed by atoms with E-state index >= 15 is 0 Å². The van der Waals surface area contributed by atoms with Crippen LogP contribution in [0.25, 0.3) is 10.8 Å². The normalized spacial score (nSPS) is 17.3. The molecule has 1 fully saturated rings. The first-order chi connectivity index (χ1) is 8.25. The summed E-state index contributed by atoms with van der Waals surface area (Å²) in [5.74, 6) is 0.844. The molecule has 2 aromatic rings. The van der Waals surface area contributed by atoms with Gasteiger partial charge >= 0.3 is 0 Å². The monoisotopic (exact) mass is 290 g/mol. The lowest BCUT2D eigenvalue weighted by Gasteiger charge is -2.10. The van der Waals surface area contributed by atoms with E-state index in [0.29, 0.717) is 4.83 Å². The molecule has 1 aromatic carbocycles. The molecule has 0 saturated heterocycles. The molecule has 2 nitrogen and oxygen atoms in total. The van der Waals surface area contributed by atoms with E-state index < -0.39 is 0 Å². The Morgan fingerprint density at radius 3 is 2.65 bits per heavy atom. The molecule has 3 heteroatoms. The summed E-state index contributed by atoms with van der Waals surface area (Å²) in [6.07, 6.45) is 3.69. The SMILES string of the molecule is Cc1nnc(CC(Br)C2CC2)c2ccccc12. The number of nitrogens with zero attached hydrogens (tertiary/aromatic N) is 2. The molecule has 1 aliphatic carbocycles. The summed E-state index contributed by atoms with van der Waals surface area (Å²) in [6, 6.07) is 8.42. The number of benzene rings is 1. The summed E-state index contributed by atoms with van der Waals surface area (Å²) in [4.78, 5) is 0.558. The molecule has 0 amide bonds. The Balaban J connectivity index is 2.01. The van der Waals surface area contributed by atoms with Gasteiger partial charge in [-0.15, -0.1) is 0 Å². The van der Waals surface area contributed by atoms with E-state index in [-0.39, 0.29) is 0 Å². The van der Waals surface area contributed by atoms with E-state index in [1.807, 2.05) is 6.92 Å². The van der Waals surface area contributed by atoms with Crippen LogP contribution in [0.3, 0.4) is 0 Å². The van der Waals surface area contributed by atoms with Crippen LogP contribution in [0.5, 0.6) is 0 Å². The van der Waals surface area contributed by atoms with Gasteiger partial charge in [-0.05, 0) is 25.7 Å². The number of alkyl halides is 1. The first kappa shape index (κ1) is 11.1. The largest absolute Gasteiger partial charge is 0.155 e. The summed E-state index contributed by atoms with van der Waals surface area (Å²) in [7, 11) is 0. The molecule has 1 heterocycles.